The normalized spacial score (nSPS) is 18.3. The van der Waals surface area contributed by atoms with Crippen molar-refractivity contribution in [1.82, 2.24) is 9.88 Å². The second-order valence-electron chi connectivity index (χ2n) is 6.66. The number of aromatic nitrogens is 1. The van der Waals surface area contributed by atoms with Crippen molar-refractivity contribution in [1.29, 1.82) is 0 Å². The molecule has 1 saturated heterocycles. The van der Waals surface area contributed by atoms with Gasteiger partial charge in [-0.1, -0.05) is 13.8 Å². The first-order chi connectivity index (χ1) is 10.8. The van der Waals surface area contributed by atoms with Crippen LogP contribution in [0.4, 0.5) is 9.80 Å². The van der Waals surface area contributed by atoms with E-state index in [0.717, 1.165) is 41.5 Å². The second-order valence-corrected chi connectivity index (χ2v) is 7.86. The molecule has 1 fully saturated rings. The molecule has 1 aliphatic heterocycles. The Morgan fingerprint density at radius 2 is 2.22 bits per heavy atom. The fraction of sp³-hybridized carbons (Fsp3) is 0.688. The maximum Gasteiger partial charge on any atom is 0.322 e. The Morgan fingerprint density at radius 1 is 1.48 bits per heavy atom. The minimum absolute atomic E-state index is 0.104. The summed E-state index contributed by atoms with van der Waals surface area (Å²) in [5, 5.41) is 4.81. The van der Waals surface area contributed by atoms with E-state index in [-0.39, 0.29) is 17.9 Å². The van der Waals surface area contributed by atoms with Crippen LogP contribution in [0.3, 0.4) is 0 Å². The minimum atomic E-state index is -0.297. The molecule has 0 aliphatic carbocycles. The molecule has 1 aromatic heterocycles. The Hall–Kier alpha value is -1.63. The molecule has 1 unspecified atom stereocenters. The van der Waals surface area contributed by atoms with Gasteiger partial charge in [-0.25, -0.2) is 9.78 Å². The number of nitrogens with two attached hydrogens (primary N) is 1. The number of carbonyl (C=O) groups is 2. The third kappa shape index (κ3) is 5.20. The summed E-state index contributed by atoms with van der Waals surface area (Å²) in [5.41, 5.74) is 6.23. The van der Waals surface area contributed by atoms with Crippen molar-refractivity contribution in [2.75, 3.05) is 18.4 Å². The number of aryl methyl sites for hydroxylation is 1. The van der Waals surface area contributed by atoms with Crippen molar-refractivity contribution >= 4 is 28.3 Å². The summed E-state index contributed by atoms with van der Waals surface area (Å²) < 4.78 is 0. The van der Waals surface area contributed by atoms with Gasteiger partial charge in [0.15, 0.2) is 0 Å². The molecule has 0 bridgehead atoms. The minimum Gasteiger partial charge on any atom is -0.370 e. The summed E-state index contributed by atoms with van der Waals surface area (Å²) in [5.74, 6) is 0.363. The lowest BCUT2D eigenvalue weighted by Crippen LogP contribution is -2.43. The van der Waals surface area contributed by atoms with E-state index in [9.17, 15) is 9.59 Å². The number of primary amides is 1. The second kappa shape index (κ2) is 7.77. The lowest BCUT2D eigenvalue weighted by atomic mass is 9.95. The zero-order valence-corrected chi connectivity index (χ0v) is 14.9. The van der Waals surface area contributed by atoms with Crippen molar-refractivity contribution in [2.24, 2.45) is 17.6 Å². The summed E-state index contributed by atoms with van der Waals surface area (Å²) >= 11 is 1.52. The first-order valence-electron chi connectivity index (χ1n) is 8.15. The first-order valence-corrected chi connectivity index (χ1v) is 8.97. The summed E-state index contributed by atoms with van der Waals surface area (Å²) in [4.78, 5) is 29.9. The molecule has 2 heterocycles. The van der Waals surface area contributed by atoms with E-state index in [1.54, 1.807) is 4.90 Å². The SMILES string of the molecule is Cc1nc(CC(C)C)c(NC(=O)N2CCCC(CC(N)=O)C2)s1. The average molecular weight is 338 g/mol. The van der Waals surface area contributed by atoms with E-state index < -0.39 is 0 Å². The van der Waals surface area contributed by atoms with Crippen LogP contribution in [0.15, 0.2) is 0 Å². The highest BCUT2D eigenvalue weighted by Crippen LogP contribution is 2.27. The van der Waals surface area contributed by atoms with E-state index in [1.807, 2.05) is 6.92 Å². The highest BCUT2D eigenvalue weighted by molar-refractivity contribution is 7.16. The number of hydrogen-bond donors (Lipinski definition) is 2. The number of urea groups is 1. The van der Waals surface area contributed by atoms with Gasteiger partial charge in [0, 0.05) is 19.5 Å². The van der Waals surface area contributed by atoms with Gasteiger partial charge in [0.1, 0.15) is 5.00 Å². The van der Waals surface area contributed by atoms with Crippen LogP contribution < -0.4 is 11.1 Å². The number of carbonyl (C=O) groups excluding carboxylic acids is 2. The quantitative estimate of drug-likeness (QED) is 0.865. The Morgan fingerprint density at radius 3 is 2.87 bits per heavy atom. The standard InChI is InChI=1S/C16H26N4O2S/c1-10(2)7-13-15(23-11(3)18-13)19-16(22)20-6-4-5-12(9-20)8-14(17)21/h10,12H,4-9H2,1-3H3,(H2,17,21)(H,19,22). The van der Waals surface area contributed by atoms with Crippen LogP contribution in [0.1, 0.15) is 43.8 Å². The van der Waals surface area contributed by atoms with E-state index in [0.29, 0.717) is 18.9 Å². The lowest BCUT2D eigenvalue weighted by Gasteiger charge is -2.32. The highest BCUT2D eigenvalue weighted by atomic mass is 32.1. The van der Waals surface area contributed by atoms with E-state index in [1.165, 1.54) is 11.3 Å². The van der Waals surface area contributed by atoms with Crippen LogP contribution in [-0.4, -0.2) is 34.9 Å². The van der Waals surface area contributed by atoms with Crippen LogP contribution in [-0.2, 0) is 11.2 Å². The number of rotatable bonds is 5. The van der Waals surface area contributed by atoms with Gasteiger partial charge in [0.2, 0.25) is 5.91 Å². The third-order valence-electron chi connectivity index (χ3n) is 3.92. The Bertz CT molecular complexity index is 570. The highest BCUT2D eigenvalue weighted by Gasteiger charge is 2.25. The van der Waals surface area contributed by atoms with Gasteiger partial charge in [-0.3, -0.25) is 10.1 Å². The zero-order chi connectivity index (χ0) is 17.0. The summed E-state index contributed by atoms with van der Waals surface area (Å²) in [7, 11) is 0. The van der Waals surface area contributed by atoms with Crippen molar-refractivity contribution in [3.05, 3.63) is 10.7 Å². The van der Waals surface area contributed by atoms with Crippen LogP contribution in [0, 0.1) is 18.8 Å². The molecule has 0 radical (unpaired) electrons. The van der Waals surface area contributed by atoms with E-state index in [2.05, 4.69) is 24.1 Å². The van der Waals surface area contributed by atoms with E-state index in [4.69, 9.17) is 5.73 Å². The fourth-order valence-electron chi connectivity index (χ4n) is 2.97. The van der Waals surface area contributed by atoms with Gasteiger partial charge in [-0.05, 0) is 38.0 Å². The van der Waals surface area contributed by atoms with Crippen molar-refractivity contribution in [3.63, 3.8) is 0 Å². The smallest absolute Gasteiger partial charge is 0.322 e. The Balaban J connectivity index is 2.00. The van der Waals surface area contributed by atoms with Gasteiger partial charge in [0.25, 0.3) is 0 Å². The third-order valence-corrected chi connectivity index (χ3v) is 4.85. The van der Waals surface area contributed by atoms with E-state index >= 15 is 0 Å². The number of nitrogens with one attached hydrogen (secondary N) is 1. The lowest BCUT2D eigenvalue weighted by molar-refractivity contribution is -0.119. The number of amides is 3. The van der Waals surface area contributed by atoms with Gasteiger partial charge < -0.3 is 10.6 Å². The molecule has 128 valence electrons. The Labute approximate surface area is 141 Å². The number of thiazole rings is 1. The maximum absolute atomic E-state index is 12.5. The van der Waals surface area contributed by atoms with Crippen LogP contribution >= 0.6 is 11.3 Å². The molecule has 1 aliphatic rings. The molecule has 0 spiro atoms. The fourth-order valence-corrected chi connectivity index (χ4v) is 3.81. The number of hydrogen-bond acceptors (Lipinski definition) is 4. The summed E-state index contributed by atoms with van der Waals surface area (Å²) in [6.45, 7) is 7.54. The Kier molecular flexibility index (Phi) is 5.98. The molecule has 0 saturated carbocycles. The summed E-state index contributed by atoms with van der Waals surface area (Å²) in [6, 6.07) is -0.104. The molecule has 0 aromatic carbocycles. The molecular formula is C16H26N4O2S. The molecule has 3 amide bonds. The predicted octanol–water partition coefficient (Wildman–Crippen LogP) is 2.77. The van der Waals surface area contributed by atoms with Gasteiger partial charge in [0.05, 0.1) is 10.7 Å². The molecule has 23 heavy (non-hydrogen) atoms. The van der Waals surface area contributed by atoms with Crippen molar-refractivity contribution in [2.45, 2.75) is 46.5 Å². The summed E-state index contributed by atoms with van der Waals surface area (Å²) in [6.07, 6.45) is 3.06. The molecule has 7 heteroatoms. The zero-order valence-electron chi connectivity index (χ0n) is 14.1. The predicted molar refractivity (Wildman–Crippen MR) is 92.5 cm³/mol. The van der Waals surface area contributed by atoms with Crippen LogP contribution in [0.5, 0.6) is 0 Å². The number of nitrogens with zero attached hydrogens (tertiary/aromatic N) is 2. The van der Waals surface area contributed by atoms with Gasteiger partial charge >= 0.3 is 6.03 Å². The van der Waals surface area contributed by atoms with Crippen LogP contribution in [0.2, 0.25) is 0 Å². The number of anilines is 1. The van der Waals surface area contributed by atoms with Crippen molar-refractivity contribution < 1.29 is 9.59 Å². The molecule has 3 N–H and O–H groups in total. The van der Waals surface area contributed by atoms with Gasteiger partial charge in [-0.15, -0.1) is 11.3 Å². The molecule has 1 atom stereocenters. The average Bonchev–Trinajstić information content (AvgIpc) is 2.77. The molecule has 6 nitrogen and oxygen atoms in total. The maximum atomic E-state index is 12.5. The van der Waals surface area contributed by atoms with Crippen LogP contribution in [0.25, 0.3) is 0 Å². The monoisotopic (exact) mass is 338 g/mol. The topological polar surface area (TPSA) is 88.3 Å². The van der Waals surface area contributed by atoms with Crippen molar-refractivity contribution in [3.8, 4) is 0 Å². The van der Waals surface area contributed by atoms with Gasteiger partial charge in [-0.2, -0.15) is 0 Å². The molecule has 2 rings (SSSR count). The molecule has 1 aromatic rings. The number of likely N-dealkylation sites (tertiary alicyclic amines) is 1. The first kappa shape index (κ1) is 17.7. The number of piperidine rings is 1. The molecular weight excluding hydrogens is 312 g/mol. The largest absolute Gasteiger partial charge is 0.370 e.